The quantitative estimate of drug-likeness (QED) is 0.595. The summed E-state index contributed by atoms with van der Waals surface area (Å²) in [4.78, 5) is 18.4. The van der Waals surface area contributed by atoms with Crippen LogP contribution in [-0.2, 0) is 13.2 Å². The summed E-state index contributed by atoms with van der Waals surface area (Å²) in [5.74, 6) is 2.32. The normalized spacial score (nSPS) is 12.8. The van der Waals surface area contributed by atoms with Gasteiger partial charge in [0.05, 0.1) is 5.56 Å². The second-order valence-corrected chi connectivity index (χ2v) is 6.73. The molecule has 5 heteroatoms. The van der Waals surface area contributed by atoms with Crippen molar-refractivity contribution in [1.82, 2.24) is 9.88 Å². The van der Waals surface area contributed by atoms with Gasteiger partial charge >= 0.3 is 0 Å². The fraction of sp³-hybridized carbons (Fsp3) is 0.217. The smallest absolute Gasteiger partial charge is 0.254 e. The lowest BCUT2D eigenvalue weighted by atomic mass is 10.1. The first-order valence-corrected chi connectivity index (χ1v) is 9.45. The standard InChI is InChI=1S/C23H22N2O3/c1-2-12-25-15-17-13-20(8-9-21(17)23(25)26)27-16-18-14-24-11-10-22(18)28-19-6-4-3-5-7-19/h3-11,13-14H,2,12,15-16H2,1H3. The molecule has 1 aliphatic rings. The van der Waals surface area contributed by atoms with E-state index in [1.165, 1.54) is 0 Å². The van der Waals surface area contributed by atoms with Crippen molar-refractivity contribution in [2.24, 2.45) is 0 Å². The minimum atomic E-state index is 0.106. The van der Waals surface area contributed by atoms with E-state index < -0.39 is 0 Å². The summed E-state index contributed by atoms with van der Waals surface area (Å²) in [6.45, 7) is 3.84. The predicted molar refractivity (Wildman–Crippen MR) is 107 cm³/mol. The molecule has 0 N–H and O–H groups in total. The number of carbonyl (C=O) groups is 1. The molecule has 0 spiro atoms. The van der Waals surface area contributed by atoms with Crippen LogP contribution in [0.15, 0.2) is 67.0 Å². The number of amides is 1. The lowest BCUT2D eigenvalue weighted by Gasteiger charge is -2.13. The molecule has 1 aliphatic heterocycles. The van der Waals surface area contributed by atoms with Gasteiger partial charge in [0.25, 0.3) is 5.91 Å². The van der Waals surface area contributed by atoms with Crippen LogP contribution in [0.1, 0.15) is 34.8 Å². The molecule has 0 bridgehead atoms. The van der Waals surface area contributed by atoms with Gasteiger partial charge in [-0.15, -0.1) is 0 Å². The van der Waals surface area contributed by atoms with E-state index in [1.807, 2.05) is 59.5 Å². The average Bonchev–Trinajstić information content (AvgIpc) is 3.03. The minimum absolute atomic E-state index is 0.106. The highest BCUT2D eigenvalue weighted by Crippen LogP contribution is 2.29. The molecule has 0 saturated heterocycles. The van der Waals surface area contributed by atoms with Crippen molar-refractivity contribution < 1.29 is 14.3 Å². The summed E-state index contributed by atoms with van der Waals surface area (Å²) in [6.07, 6.45) is 4.40. The zero-order chi connectivity index (χ0) is 19.3. The Balaban J connectivity index is 1.46. The van der Waals surface area contributed by atoms with Crippen LogP contribution in [0.25, 0.3) is 0 Å². The molecular weight excluding hydrogens is 352 g/mol. The Morgan fingerprint density at radius 3 is 2.75 bits per heavy atom. The number of pyridine rings is 1. The zero-order valence-corrected chi connectivity index (χ0v) is 15.8. The maximum Gasteiger partial charge on any atom is 0.254 e. The number of para-hydroxylation sites is 1. The fourth-order valence-electron chi connectivity index (χ4n) is 3.30. The summed E-state index contributed by atoms with van der Waals surface area (Å²) < 4.78 is 11.9. The van der Waals surface area contributed by atoms with E-state index in [1.54, 1.807) is 12.4 Å². The molecule has 0 saturated carbocycles. The lowest BCUT2D eigenvalue weighted by Crippen LogP contribution is -2.24. The first-order chi connectivity index (χ1) is 13.7. The number of aromatic nitrogens is 1. The van der Waals surface area contributed by atoms with Gasteiger partial charge in [-0.05, 0) is 48.4 Å². The molecule has 3 aromatic rings. The zero-order valence-electron chi connectivity index (χ0n) is 15.8. The monoisotopic (exact) mass is 374 g/mol. The van der Waals surface area contributed by atoms with Crippen molar-refractivity contribution in [3.8, 4) is 17.2 Å². The van der Waals surface area contributed by atoms with Crippen molar-refractivity contribution in [3.05, 3.63) is 83.7 Å². The lowest BCUT2D eigenvalue weighted by molar-refractivity contribution is 0.0778. The van der Waals surface area contributed by atoms with Crippen LogP contribution in [0, 0.1) is 0 Å². The van der Waals surface area contributed by atoms with Crippen LogP contribution in [0.3, 0.4) is 0 Å². The molecule has 0 unspecified atom stereocenters. The van der Waals surface area contributed by atoms with Crippen molar-refractivity contribution in [2.75, 3.05) is 6.54 Å². The first kappa shape index (κ1) is 18.0. The van der Waals surface area contributed by atoms with E-state index in [-0.39, 0.29) is 5.91 Å². The maximum atomic E-state index is 12.4. The topological polar surface area (TPSA) is 51.7 Å². The van der Waals surface area contributed by atoms with Crippen LogP contribution < -0.4 is 9.47 Å². The van der Waals surface area contributed by atoms with Crippen molar-refractivity contribution in [3.63, 3.8) is 0 Å². The van der Waals surface area contributed by atoms with Crippen LogP contribution in [-0.4, -0.2) is 22.3 Å². The molecule has 0 aliphatic carbocycles. The Bertz CT molecular complexity index is 973. The number of hydrogen-bond acceptors (Lipinski definition) is 4. The Kier molecular flexibility index (Phi) is 5.24. The summed E-state index contributed by atoms with van der Waals surface area (Å²) in [7, 11) is 0. The van der Waals surface area contributed by atoms with E-state index in [9.17, 15) is 4.79 Å². The van der Waals surface area contributed by atoms with E-state index in [4.69, 9.17) is 9.47 Å². The molecule has 0 fully saturated rings. The average molecular weight is 374 g/mol. The molecule has 0 atom stereocenters. The van der Waals surface area contributed by atoms with Gasteiger partial charge < -0.3 is 14.4 Å². The van der Waals surface area contributed by atoms with Gasteiger partial charge in [0.1, 0.15) is 23.9 Å². The predicted octanol–water partition coefficient (Wildman–Crippen LogP) is 4.82. The first-order valence-electron chi connectivity index (χ1n) is 9.45. The van der Waals surface area contributed by atoms with Gasteiger partial charge in [0.2, 0.25) is 0 Å². The molecule has 0 radical (unpaired) electrons. The largest absolute Gasteiger partial charge is 0.489 e. The minimum Gasteiger partial charge on any atom is -0.489 e. The third-order valence-electron chi connectivity index (χ3n) is 4.67. The third-order valence-corrected chi connectivity index (χ3v) is 4.67. The Labute approximate surface area is 164 Å². The highest BCUT2D eigenvalue weighted by Gasteiger charge is 2.26. The van der Waals surface area contributed by atoms with Gasteiger partial charge in [-0.25, -0.2) is 0 Å². The number of benzene rings is 2. The van der Waals surface area contributed by atoms with Crippen LogP contribution >= 0.6 is 0 Å². The number of hydrogen-bond donors (Lipinski definition) is 0. The maximum absolute atomic E-state index is 12.4. The van der Waals surface area contributed by atoms with Gasteiger partial charge in [0, 0.05) is 31.0 Å². The summed E-state index contributed by atoms with van der Waals surface area (Å²) in [6, 6.07) is 17.1. The number of ether oxygens (including phenoxy) is 2. The second-order valence-electron chi connectivity index (χ2n) is 6.73. The summed E-state index contributed by atoms with van der Waals surface area (Å²) >= 11 is 0. The number of rotatable bonds is 7. The molecule has 4 rings (SSSR count). The van der Waals surface area contributed by atoms with Gasteiger partial charge in [-0.2, -0.15) is 0 Å². The van der Waals surface area contributed by atoms with Crippen molar-refractivity contribution in [1.29, 1.82) is 0 Å². The highest BCUT2D eigenvalue weighted by molar-refractivity contribution is 5.98. The SMILES string of the molecule is CCCN1Cc2cc(OCc3cnccc3Oc3ccccc3)ccc2C1=O. The Morgan fingerprint density at radius 1 is 1.07 bits per heavy atom. The number of carbonyl (C=O) groups excluding carboxylic acids is 1. The van der Waals surface area contributed by atoms with E-state index >= 15 is 0 Å². The molecule has 5 nitrogen and oxygen atoms in total. The summed E-state index contributed by atoms with van der Waals surface area (Å²) in [5.41, 5.74) is 2.65. The Morgan fingerprint density at radius 2 is 1.93 bits per heavy atom. The van der Waals surface area contributed by atoms with Crippen LogP contribution in [0.2, 0.25) is 0 Å². The third kappa shape index (κ3) is 3.83. The number of nitrogens with zero attached hydrogens (tertiary/aromatic N) is 2. The molecule has 1 amide bonds. The van der Waals surface area contributed by atoms with Crippen molar-refractivity contribution >= 4 is 5.91 Å². The van der Waals surface area contributed by atoms with E-state index in [0.717, 1.165) is 41.2 Å². The molecule has 28 heavy (non-hydrogen) atoms. The summed E-state index contributed by atoms with van der Waals surface area (Å²) in [5, 5.41) is 0. The van der Waals surface area contributed by atoms with E-state index in [0.29, 0.717) is 18.9 Å². The molecule has 2 heterocycles. The Hall–Kier alpha value is -3.34. The van der Waals surface area contributed by atoms with Crippen LogP contribution in [0.5, 0.6) is 17.2 Å². The van der Waals surface area contributed by atoms with Crippen LogP contribution in [0.4, 0.5) is 0 Å². The molecular formula is C23H22N2O3. The number of fused-ring (bicyclic) bond motifs is 1. The molecule has 1 aromatic heterocycles. The molecule has 142 valence electrons. The van der Waals surface area contributed by atoms with Gasteiger partial charge in [-0.1, -0.05) is 25.1 Å². The van der Waals surface area contributed by atoms with Gasteiger partial charge in [0.15, 0.2) is 0 Å². The second kappa shape index (κ2) is 8.13. The van der Waals surface area contributed by atoms with Crippen molar-refractivity contribution in [2.45, 2.75) is 26.5 Å². The van der Waals surface area contributed by atoms with Gasteiger partial charge in [-0.3, -0.25) is 9.78 Å². The fourth-order valence-corrected chi connectivity index (χ4v) is 3.30. The highest BCUT2D eigenvalue weighted by atomic mass is 16.5. The van der Waals surface area contributed by atoms with E-state index in [2.05, 4.69) is 11.9 Å². The molecule has 2 aromatic carbocycles.